The summed E-state index contributed by atoms with van der Waals surface area (Å²) in [6, 6.07) is -3.42. The van der Waals surface area contributed by atoms with Crippen LogP contribution in [0.25, 0.3) is 0 Å². The largest absolute Gasteiger partial charge is 0.477 e. The highest BCUT2D eigenvalue weighted by Crippen LogP contribution is 2.37. The first-order valence-corrected chi connectivity index (χ1v) is 21.0. The van der Waals surface area contributed by atoms with Crippen LogP contribution in [-0.2, 0) is 52.3 Å². The van der Waals surface area contributed by atoms with Gasteiger partial charge in [-0.15, -0.1) is 0 Å². The molecule has 0 aliphatic carbocycles. The minimum atomic E-state index is -3.05. The number of carboxylic acids is 1. The second kappa shape index (κ2) is 24.5. The molecule has 25 atom stereocenters. The van der Waals surface area contributed by atoms with Crippen LogP contribution in [0.1, 0.15) is 27.2 Å². The lowest BCUT2D eigenvalue weighted by molar-refractivity contribution is -0.396. The van der Waals surface area contributed by atoms with Gasteiger partial charge in [0.05, 0.1) is 57.3 Å². The number of hydrogen-bond acceptors (Lipinski definition) is 27. The van der Waals surface area contributed by atoms with E-state index in [2.05, 4.69) is 10.6 Å². The van der Waals surface area contributed by atoms with Crippen molar-refractivity contribution in [2.75, 3.05) is 33.0 Å². The monoisotopic (exact) mass is 984 g/mol. The van der Waals surface area contributed by atoms with Crippen LogP contribution in [-0.4, -0.2) is 290 Å². The number of carbonyl (C=O) groups excluding carboxylic acids is 2. The van der Waals surface area contributed by atoms with Gasteiger partial charge < -0.3 is 135 Å². The standard InChI is InChI=1S/C37H64N2O28/c1-10-20(49)25(54)27(56)33(61-10)66-32-31(65-34-28(57)26(55)23(52)17(7-42)62-34)24(53)18(8-43)63-35(32)64-29(13(5-40)38-11(2)44)22(51)16(48)9-60-37(36(58)59)4-14(46)19(39-12(3)45)30(67-37)21(50)15(47)6-41/h10,13-35,40-43,46-57H,4-9H2,1-3H3,(H,38,44)(H,39,45)(H,58,59)/t10-,13+,14+,15-,16-,17-,18-,19-,20+,21-,22+,23+,24+,25+,26+,27-,28-,29-,30-,31+,32-,33-,34+,35+,37-/m1/s1. The fraction of sp³-hybridized carbons (Fsp3) is 0.919. The molecule has 19 N–H and O–H groups in total. The Kier molecular flexibility index (Phi) is 20.9. The molecule has 0 aromatic carbocycles. The van der Waals surface area contributed by atoms with Crippen molar-refractivity contribution in [1.82, 2.24) is 10.6 Å². The second-order valence-electron chi connectivity index (χ2n) is 16.6. The number of aliphatic hydroxyl groups excluding tert-OH is 16. The van der Waals surface area contributed by atoms with Gasteiger partial charge in [-0.1, -0.05) is 0 Å². The van der Waals surface area contributed by atoms with Crippen LogP contribution in [0.5, 0.6) is 0 Å². The van der Waals surface area contributed by atoms with E-state index in [1.54, 1.807) is 0 Å². The molecule has 0 aromatic rings. The molecule has 4 saturated heterocycles. The third-order valence-electron chi connectivity index (χ3n) is 11.7. The molecule has 4 heterocycles. The van der Waals surface area contributed by atoms with E-state index in [0.29, 0.717) is 0 Å². The van der Waals surface area contributed by atoms with E-state index in [4.69, 9.17) is 37.9 Å². The number of rotatable bonds is 21. The summed E-state index contributed by atoms with van der Waals surface area (Å²) < 4.78 is 45.5. The van der Waals surface area contributed by atoms with Crippen LogP contribution >= 0.6 is 0 Å². The molecule has 390 valence electrons. The maximum atomic E-state index is 12.7. The Labute approximate surface area is 380 Å². The second-order valence-corrected chi connectivity index (χ2v) is 16.6. The van der Waals surface area contributed by atoms with Crippen molar-refractivity contribution in [3.63, 3.8) is 0 Å². The molecule has 0 spiro atoms. The number of aliphatic carboxylic acids is 1. The first-order valence-electron chi connectivity index (χ1n) is 21.0. The van der Waals surface area contributed by atoms with Crippen molar-refractivity contribution in [3.05, 3.63) is 0 Å². The van der Waals surface area contributed by atoms with Crippen LogP contribution in [0.2, 0.25) is 0 Å². The molecule has 0 aromatic heterocycles. The normalized spacial score (nSPS) is 42.1. The molecule has 4 rings (SSSR count). The number of aliphatic hydroxyl groups is 16. The smallest absolute Gasteiger partial charge is 0.364 e. The molecule has 30 nitrogen and oxygen atoms in total. The number of nitrogens with one attached hydrogen (secondary N) is 2. The topological polar surface area (TPSA) is 493 Å². The summed E-state index contributed by atoms with van der Waals surface area (Å²) in [6.07, 6.45) is -45.5. The zero-order valence-corrected chi connectivity index (χ0v) is 36.2. The summed E-state index contributed by atoms with van der Waals surface area (Å²) in [6.45, 7) is -2.40. The van der Waals surface area contributed by atoms with Gasteiger partial charge in [0.15, 0.2) is 18.9 Å². The predicted molar refractivity (Wildman–Crippen MR) is 208 cm³/mol. The molecule has 0 radical (unpaired) electrons. The van der Waals surface area contributed by atoms with E-state index in [9.17, 15) is 101 Å². The van der Waals surface area contributed by atoms with Crippen LogP contribution in [0.3, 0.4) is 0 Å². The van der Waals surface area contributed by atoms with Gasteiger partial charge in [-0.05, 0) is 6.92 Å². The van der Waals surface area contributed by atoms with Crippen LogP contribution < -0.4 is 10.6 Å². The molecule has 67 heavy (non-hydrogen) atoms. The predicted octanol–water partition coefficient (Wildman–Crippen LogP) is -11.8. The fourth-order valence-corrected chi connectivity index (χ4v) is 7.94. The zero-order valence-electron chi connectivity index (χ0n) is 36.2. The lowest BCUT2D eigenvalue weighted by Crippen LogP contribution is -2.68. The van der Waals surface area contributed by atoms with Crippen molar-refractivity contribution in [2.24, 2.45) is 0 Å². The Morgan fingerprint density at radius 3 is 1.78 bits per heavy atom. The Hall–Kier alpha value is -2.55. The summed E-state index contributed by atoms with van der Waals surface area (Å²) in [7, 11) is 0. The number of ether oxygens (including phenoxy) is 8. The van der Waals surface area contributed by atoms with E-state index in [-0.39, 0.29) is 0 Å². The average Bonchev–Trinajstić information content (AvgIpc) is 3.28. The highest BCUT2D eigenvalue weighted by molar-refractivity contribution is 5.76. The van der Waals surface area contributed by atoms with E-state index >= 15 is 0 Å². The van der Waals surface area contributed by atoms with Gasteiger partial charge in [-0.25, -0.2) is 4.79 Å². The van der Waals surface area contributed by atoms with Gasteiger partial charge >= 0.3 is 5.97 Å². The third kappa shape index (κ3) is 13.1. The molecular formula is C37H64N2O28. The zero-order chi connectivity index (χ0) is 50.4. The van der Waals surface area contributed by atoms with Crippen molar-refractivity contribution in [3.8, 4) is 0 Å². The SMILES string of the molecule is CC(=O)N[C@H]1[C@H]([C@H](O)[C@H](O)CO)O[C@@](OC[C@@H](O)[C@H](O)[C@H](O[C@@H]2O[C@H](CO)[C@H](O)[C@H](O[C@@H]3O[C@H](CO)[C@H](O)[C@H](O)[C@H]3O)[C@H]2O[C@H]2O[C@H](C)[C@H](O)[C@H](O)[C@H]2O)[C@H](CO)NC(C)=O)(C(=O)O)C[C@@H]1O. The highest BCUT2D eigenvalue weighted by Gasteiger charge is 2.58. The quantitative estimate of drug-likeness (QED) is 0.0508. The van der Waals surface area contributed by atoms with Crippen LogP contribution in [0, 0.1) is 0 Å². The summed E-state index contributed by atoms with van der Waals surface area (Å²) in [5.41, 5.74) is 0. The minimum absolute atomic E-state index is 0.802. The van der Waals surface area contributed by atoms with Crippen molar-refractivity contribution in [1.29, 1.82) is 0 Å². The molecule has 30 heteroatoms. The Morgan fingerprint density at radius 2 is 1.24 bits per heavy atom. The van der Waals surface area contributed by atoms with Crippen molar-refractivity contribution >= 4 is 17.8 Å². The molecule has 4 aliphatic rings. The maximum absolute atomic E-state index is 12.7. The van der Waals surface area contributed by atoms with E-state index in [1.807, 2.05) is 0 Å². The van der Waals surface area contributed by atoms with Crippen LogP contribution in [0.15, 0.2) is 0 Å². The molecule has 0 saturated carbocycles. The maximum Gasteiger partial charge on any atom is 0.364 e. The Bertz CT molecular complexity index is 1590. The Morgan fingerprint density at radius 1 is 0.687 bits per heavy atom. The van der Waals surface area contributed by atoms with Gasteiger partial charge in [0.1, 0.15) is 104 Å². The number of carboxylic acid groups (broad SMARTS) is 1. The van der Waals surface area contributed by atoms with Gasteiger partial charge in [0, 0.05) is 20.3 Å². The van der Waals surface area contributed by atoms with Crippen LogP contribution in [0.4, 0.5) is 0 Å². The molecule has 0 bridgehead atoms. The van der Waals surface area contributed by atoms with Gasteiger partial charge in [0.2, 0.25) is 11.8 Å². The number of amides is 2. The summed E-state index contributed by atoms with van der Waals surface area (Å²) in [5, 5.41) is 185. The third-order valence-corrected chi connectivity index (χ3v) is 11.7. The van der Waals surface area contributed by atoms with Gasteiger partial charge in [-0.3, -0.25) is 9.59 Å². The van der Waals surface area contributed by atoms with Gasteiger partial charge in [-0.2, -0.15) is 0 Å². The molecule has 4 aliphatic heterocycles. The lowest BCUT2D eigenvalue weighted by Gasteiger charge is -2.50. The van der Waals surface area contributed by atoms with E-state index < -0.39 is 210 Å². The van der Waals surface area contributed by atoms with Crippen molar-refractivity contribution < 1.29 is 139 Å². The lowest BCUT2D eigenvalue weighted by atomic mass is 9.88. The molecule has 0 unspecified atom stereocenters. The van der Waals surface area contributed by atoms with Crippen molar-refractivity contribution in [2.45, 2.75) is 180 Å². The Balaban J connectivity index is 1.74. The molecule has 4 fully saturated rings. The molecular weight excluding hydrogens is 920 g/mol. The number of hydrogen-bond donors (Lipinski definition) is 19. The number of carbonyl (C=O) groups is 3. The first-order chi connectivity index (χ1) is 31.4. The summed E-state index contributed by atoms with van der Waals surface area (Å²) in [4.78, 5) is 37.1. The summed E-state index contributed by atoms with van der Waals surface area (Å²) >= 11 is 0. The summed E-state index contributed by atoms with van der Waals surface area (Å²) in [5.74, 6) is -6.77. The molecule has 2 amide bonds. The highest BCUT2D eigenvalue weighted by atomic mass is 16.8. The van der Waals surface area contributed by atoms with Gasteiger partial charge in [0.25, 0.3) is 5.79 Å². The average molecular weight is 985 g/mol. The van der Waals surface area contributed by atoms with E-state index in [1.165, 1.54) is 6.92 Å². The fourth-order valence-electron chi connectivity index (χ4n) is 7.94. The van der Waals surface area contributed by atoms with E-state index in [0.717, 1.165) is 13.8 Å². The minimum Gasteiger partial charge on any atom is -0.477 e. The first kappa shape index (κ1) is 57.0.